The van der Waals surface area contributed by atoms with Gasteiger partial charge in [0.05, 0.1) is 25.4 Å². The van der Waals surface area contributed by atoms with Gasteiger partial charge in [0.15, 0.2) is 0 Å². The second kappa shape index (κ2) is 5.88. The first kappa shape index (κ1) is 13.8. The predicted molar refractivity (Wildman–Crippen MR) is 57.4 cm³/mol. The smallest absolute Gasteiger partial charge is 0.399 e. The van der Waals surface area contributed by atoms with Gasteiger partial charge < -0.3 is 15.2 Å². The van der Waals surface area contributed by atoms with Crippen LogP contribution < -0.4 is 5.73 Å². The van der Waals surface area contributed by atoms with Gasteiger partial charge in [0.25, 0.3) is 0 Å². The number of benzene rings is 1. The number of hydrogen-bond acceptors (Lipinski definition) is 3. The zero-order valence-electron chi connectivity index (χ0n) is 9.38. The highest BCUT2D eigenvalue weighted by Crippen LogP contribution is 2.33. The Labute approximate surface area is 97.3 Å². The standard InChI is InChI=1S/C11H14F3NO2/c1-16-4-5-17-7-8-2-3-9(15)6-10(8)11(12,13)14/h2-3,6H,4-5,7,15H2,1H3. The van der Waals surface area contributed by atoms with E-state index in [1.807, 2.05) is 0 Å². The fourth-order valence-electron chi connectivity index (χ4n) is 1.31. The normalized spacial score (nSPS) is 11.8. The van der Waals surface area contributed by atoms with Gasteiger partial charge >= 0.3 is 6.18 Å². The third-order valence-corrected chi connectivity index (χ3v) is 2.13. The molecule has 3 nitrogen and oxygen atoms in total. The summed E-state index contributed by atoms with van der Waals surface area (Å²) in [7, 11) is 1.49. The minimum absolute atomic E-state index is 0.0720. The van der Waals surface area contributed by atoms with Gasteiger partial charge in [-0.3, -0.25) is 0 Å². The molecule has 6 heteroatoms. The number of ether oxygens (including phenoxy) is 2. The first-order chi connectivity index (χ1) is 7.95. The third kappa shape index (κ3) is 4.24. The second-order valence-corrected chi connectivity index (χ2v) is 3.46. The number of hydrogen-bond donors (Lipinski definition) is 1. The molecule has 0 heterocycles. The van der Waals surface area contributed by atoms with Crippen LogP contribution in [0.4, 0.5) is 18.9 Å². The molecular weight excluding hydrogens is 235 g/mol. The molecule has 0 fully saturated rings. The van der Waals surface area contributed by atoms with Gasteiger partial charge in [-0.1, -0.05) is 6.07 Å². The monoisotopic (exact) mass is 249 g/mol. The van der Waals surface area contributed by atoms with E-state index in [0.29, 0.717) is 6.61 Å². The third-order valence-electron chi connectivity index (χ3n) is 2.13. The van der Waals surface area contributed by atoms with Crippen molar-refractivity contribution in [2.45, 2.75) is 12.8 Å². The maximum Gasteiger partial charge on any atom is 0.416 e. The van der Waals surface area contributed by atoms with E-state index >= 15 is 0 Å². The summed E-state index contributed by atoms with van der Waals surface area (Å²) in [5.74, 6) is 0. The summed E-state index contributed by atoms with van der Waals surface area (Å²) in [4.78, 5) is 0. The van der Waals surface area contributed by atoms with Crippen LogP contribution in [0.3, 0.4) is 0 Å². The van der Waals surface area contributed by atoms with Crippen molar-refractivity contribution in [3.05, 3.63) is 29.3 Å². The average molecular weight is 249 g/mol. The first-order valence-corrected chi connectivity index (χ1v) is 4.97. The highest BCUT2D eigenvalue weighted by atomic mass is 19.4. The van der Waals surface area contributed by atoms with Crippen LogP contribution in [0, 0.1) is 0 Å². The van der Waals surface area contributed by atoms with Crippen molar-refractivity contribution in [3.63, 3.8) is 0 Å². The Bertz CT molecular complexity index is 366. The van der Waals surface area contributed by atoms with Crippen molar-refractivity contribution in [2.75, 3.05) is 26.1 Å². The average Bonchev–Trinajstić information content (AvgIpc) is 2.25. The van der Waals surface area contributed by atoms with E-state index < -0.39 is 11.7 Å². The van der Waals surface area contributed by atoms with Crippen molar-refractivity contribution in [1.82, 2.24) is 0 Å². The topological polar surface area (TPSA) is 44.5 Å². The molecule has 0 amide bonds. The molecule has 0 aliphatic heterocycles. The van der Waals surface area contributed by atoms with E-state index in [1.165, 1.54) is 19.2 Å². The molecule has 0 spiro atoms. The number of alkyl halides is 3. The molecule has 17 heavy (non-hydrogen) atoms. The van der Waals surface area contributed by atoms with Crippen molar-refractivity contribution in [1.29, 1.82) is 0 Å². The lowest BCUT2D eigenvalue weighted by atomic mass is 10.1. The molecular formula is C11H14F3NO2. The maximum absolute atomic E-state index is 12.7. The number of methoxy groups -OCH3 is 1. The number of halogens is 3. The van der Waals surface area contributed by atoms with Crippen LogP contribution in [0.15, 0.2) is 18.2 Å². The van der Waals surface area contributed by atoms with E-state index in [0.717, 1.165) is 6.07 Å². The molecule has 0 unspecified atom stereocenters. The fourth-order valence-corrected chi connectivity index (χ4v) is 1.31. The van der Waals surface area contributed by atoms with Crippen LogP contribution in [0.1, 0.15) is 11.1 Å². The fraction of sp³-hybridized carbons (Fsp3) is 0.455. The van der Waals surface area contributed by atoms with Crippen molar-refractivity contribution >= 4 is 5.69 Å². The zero-order valence-corrected chi connectivity index (χ0v) is 9.38. The Morgan fingerprint density at radius 1 is 1.24 bits per heavy atom. The van der Waals surface area contributed by atoms with Gasteiger partial charge in [0.1, 0.15) is 0 Å². The van der Waals surface area contributed by atoms with Crippen LogP contribution in [-0.2, 0) is 22.3 Å². The van der Waals surface area contributed by atoms with Crippen LogP contribution in [0.25, 0.3) is 0 Å². The van der Waals surface area contributed by atoms with Crippen LogP contribution in [0.5, 0.6) is 0 Å². The number of nitrogens with two attached hydrogens (primary N) is 1. The lowest BCUT2D eigenvalue weighted by Crippen LogP contribution is -2.11. The molecule has 0 saturated carbocycles. The minimum Gasteiger partial charge on any atom is -0.399 e. The van der Waals surface area contributed by atoms with E-state index in [-0.39, 0.29) is 24.5 Å². The van der Waals surface area contributed by atoms with Gasteiger partial charge in [-0.2, -0.15) is 13.2 Å². The second-order valence-electron chi connectivity index (χ2n) is 3.46. The maximum atomic E-state index is 12.7. The van der Waals surface area contributed by atoms with E-state index in [4.69, 9.17) is 15.2 Å². The first-order valence-electron chi connectivity index (χ1n) is 4.97. The summed E-state index contributed by atoms with van der Waals surface area (Å²) in [6.07, 6.45) is -4.42. The summed E-state index contributed by atoms with van der Waals surface area (Å²) in [5.41, 5.74) is 4.74. The number of nitrogen functional groups attached to an aromatic ring is 1. The van der Waals surface area contributed by atoms with Gasteiger partial charge in [-0.05, 0) is 17.7 Å². The van der Waals surface area contributed by atoms with Crippen LogP contribution >= 0.6 is 0 Å². The molecule has 2 N–H and O–H groups in total. The summed E-state index contributed by atoms with van der Waals surface area (Å²) >= 11 is 0. The summed E-state index contributed by atoms with van der Waals surface area (Å²) in [6.45, 7) is 0.479. The molecule has 0 aliphatic carbocycles. The summed E-state index contributed by atoms with van der Waals surface area (Å²) in [5, 5.41) is 0. The highest BCUT2D eigenvalue weighted by Gasteiger charge is 2.33. The molecule has 1 rings (SSSR count). The van der Waals surface area contributed by atoms with Crippen molar-refractivity contribution in [3.8, 4) is 0 Å². The molecule has 0 bridgehead atoms. The molecule has 1 aromatic rings. The molecule has 1 aromatic carbocycles. The molecule has 0 aromatic heterocycles. The van der Waals surface area contributed by atoms with E-state index in [2.05, 4.69) is 0 Å². The lowest BCUT2D eigenvalue weighted by Gasteiger charge is -2.13. The van der Waals surface area contributed by atoms with Crippen LogP contribution in [0.2, 0.25) is 0 Å². The quantitative estimate of drug-likeness (QED) is 0.644. The molecule has 0 atom stereocenters. The largest absolute Gasteiger partial charge is 0.416 e. The SMILES string of the molecule is COCCOCc1ccc(N)cc1C(F)(F)F. The van der Waals surface area contributed by atoms with Gasteiger partial charge in [0.2, 0.25) is 0 Å². The molecule has 96 valence electrons. The van der Waals surface area contributed by atoms with Crippen molar-refractivity contribution < 1.29 is 22.6 Å². The zero-order chi connectivity index (χ0) is 12.9. The number of rotatable bonds is 5. The lowest BCUT2D eigenvalue weighted by molar-refractivity contribution is -0.138. The summed E-state index contributed by atoms with van der Waals surface area (Å²) < 4.78 is 47.8. The highest BCUT2D eigenvalue weighted by molar-refractivity contribution is 5.45. The Hall–Kier alpha value is -1.27. The summed E-state index contributed by atoms with van der Waals surface area (Å²) in [6, 6.07) is 3.66. The van der Waals surface area contributed by atoms with Crippen molar-refractivity contribution in [2.24, 2.45) is 0 Å². The van der Waals surface area contributed by atoms with Gasteiger partial charge in [0, 0.05) is 12.8 Å². The minimum atomic E-state index is -4.42. The van der Waals surface area contributed by atoms with Gasteiger partial charge in [-0.15, -0.1) is 0 Å². The Kier molecular flexibility index (Phi) is 4.77. The molecule has 0 radical (unpaired) electrons. The number of anilines is 1. The Morgan fingerprint density at radius 2 is 1.94 bits per heavy atom. The predicted octanol–water partition coefficient (Wildman–Crippen LogP) is 2.45. The van der Waals surface area contributed by atoms with E-state index in [9.17, 15) is 13.2 Å². The van der Waals surface area contributed by atoms with Crippen LogP contribution in [-0.4, -0.2) is 20.3 Å². The Balaban J connectivity index is 2.77. The molecule has 0 saturated heterocycles. The van der Waals surface area contributed by atoms with Gasteiger partial charge in [-0.25, -0.2) is 0 Å². The van der Waals surface area contributed by atoms with E-state index in [1.54, 1.807) is 0 Å². The Morgan fingerprint density at radius 3 is 2.53 bits per heavy atom. The molecule has 0 aliphatic rings.